The van der Waals surface area contributed by atoms with Gasteiger partial charge >= 0.3 is 0 Å². The maximum Gasteiger partial charge on any atom is 0.224 e. The van der Waals surface area contributed by atoms with Gasteiger partial charge in [-0.15, -0.1) is 0 Å². The van der Waals surface area contributed by atoms with E-state index < -0.39 is 0 Å². The summed E-state index contributed by atoms with van der Waals surface area (Å²) in [5.41, 5.74) is 6.61. The molecule has 5 heteroatoms. The number of benzene rings is 1. The van der Waals surface area contributed by atoms with Crippen molar-refractivity contribution in [3.63, 3.8) is 0 Å². The molecule has 0 aromatic heterocycles. The predicted octanol–water partition coefficient (Wildman–Crippen LogP) is 2.57. The van der Waals surface area contributed by atoms with Crippen LogP contribution in [0, 0.1) is 12.7 Å². The largest absolute Gasteiger partial charge is 0.330 e. The van der Waals surface area contributed by atoms with Crippen molar-refractivity contribution < 1.29 is 9.18 Å². The molecule has 3 nitrogen and oxygen atoms in total. The quantitative estimate of drug-likeness (QED) is 0.895. The average Bonchev–Trinajstić information content (AvgIpc) is 2.23. The molecule has 0 aliphatic rings. The van der Waals surface area contributed by atoms with E-state index >= 15 is 0 Å². The summed E-state index contributed by atoms with van der Waals surface area (Å²) in [4.78, 5) is 11.4. The van der Waals surface area contributed by atoms with E-state index in [2.05, 4.69) is 21.2 Å². The van der Waals surface area contributed by atoms with Gasteiger partial charge in [0.05, 0.1) is 4.47 Å². The highest BCUT2D eigenvalue weighted by molar-refractivity contribution is 9.10. The first-order valence-corrected chi connectivity index (χ1v) is 5.79. The Morgan fingerprint density at radius 3 is 2.88 bits per heavy atom. The Balaban J connectivity index is 2.73. The lowest BCUT2D eigenvalue weighted by Crippen LogP contribution is -2.14. The van der Waals surface area contributed by atoms with Crippen LogP contribution in [-0.4, -0.2) is 12.5 Å². The molecule has 0 aliphatic heterocycles. The van der Waals surface area contributed by atoms with Gasteiger partial charge in [0.25, 0.3) is 0 Å². The van der Waals surface area contributed by atoms with E-state index in [9.17, 15) is 9.18 Å². The van der Waals surface area contributed by atoms with Gasteiger partial charge in [0.1, 0.15) is 5.82 Å². The van der Waals surface area contributed by atoms with Crippen LogP contribution in [0.2, 0.25) is 0 Å². The summed E-state index contributed by atoms with van der Waals surface area (Å²) in [5, 5.41) is 2.66. The number of carbonyl (C=O) groups excluding carboxylic acids is 1. The molecule has 0 saturated carbocycles. The van der Waals surface area contributed by atoms with Crippen molar-refractivity contribution in [2.75, 3.05) is 11.9 Å². The first-order chi connectivity index (χ1) is 7.54. The molecule has 0 atom stereocenters. The number of nitrogens with two attached hydrogens (primary N) is 1. The zero-order valence-corrected chi connectivity index (χ0v) is 10.6. The van der Waals surface area contributed by atoms with Crippen LogP contribution in [0.1, 0.15) is 18.4 Å². The number of hydrogen-bond acceptors (Lipinski definition) is 2. The third-order valence-electron chi connectivity index (χ3n) is 2.15. The van der Waals surface area contributed by atoms with Crippen molar-refractivity contribution in [3.05, 3.63) is 28.0 Å². The SMILES string of the molecule is Cc1cc(Br)c(F)cc1NC(=O)CCCN. The maximum absolute atomic E-state index is 13.2. The molecule has 0 fully saturated rings. The van der Waals surface area contributed by atoms with Crippen molar-refractivity contribution in [1.29, 1.82) is 0 Å². The number of amides is 1. The lowest BCUT2D eigenvalue weighted by atomic mass is 10.2. The third kappa shape index (κ3) is 3.57. The molecule has 0 unspecified atom stereocenters. The zero-order chi connectivity index (χ0) is 12.1. The Kier molecular flexibility index (Phi) is 4.89. The summed E-state index contributed by atoms with van der Waals surface area (Å²) < 4.78 is 13.6. The third-order valence-corrected chi connectivity index (χ3v) is 2.76. The molecule has 3 N–H and O–H groups in total. The van der Waals surface area contributed by atoms with Crippen molar-refractivity contribution in [3.8, 4) is 0 Å². The van der Waals surface area contributed by atoms with Crippen molar-refractivity contribution in [2.45, 2.75) is 19.8 Å². The van der Waals surface area contributed by atoms with Gasteiger partial charge in [0, 0.05) is 12.1 Å². The second-order valence-electron chi connectivity index (χ2n) is 3.52. The minimum Gasteiger partial charge on any atom is -0.330 e. The van der Waals surface area contributed by atoms with Gasteiger partial charge in [-0.05, 0) is 53.5 Å². The van der Waals surface area contributed by atoms with Crippen LogP contribution in [0.3, 0.4) is 0 Å². The minimum atomic E-state index is -0.389. The van der Waals surface area contributed by atoms with Crippen LogP contribution in [-0.2, 0) is 4.79 Å². The summed E-state index contributed by atoms with van der Waals surface area (Å²) in [7, 11) is 0. The topological polar surface area (TPSA) is 55.1 Å². The number of aryl methyl sites for hydroxylation is 1. The second-order valence-corrected chi connectivity index (χ2v) is 4.38. The van der Waals surface area contributed by atoms with Crippen LogP contribution in [0.15, 0.2) is 16.6 Å². The Morgan fingerprint density at radius 1 is 1.56 bits per heavy atom. The molecule has 16 heavy (non-hydrogen) atoms. The summed E-state index contributed by atoms with van der Waals surface area (Å²) in [6.45, 7) is 2.28. The lowest BCUT2D eigenvalue weighted by molar-refractivity contribution is -0.116. The van der Waals surface area contributed by atoms with E-state index in [0.29, 0.717) is 29.5 Å². The van der Waals surface area contributed by atoms with Gasteiger partial charge in [0.15, 0.2) is 0 Å². The number of halogens is 2. The second kappa shape index (κ2) is 5.96. The van der Waals surface area contributed by atoms with Crippen LogP contribution < -0.4 is 11.1 Å². The highest BCUT2D eigenvalue weighted by Gasteiger charge is 2.08. The number of nitrogens with one attached hydrogen (secondary N) is 1. The first-order valence-electron chi connectivity index (χ1n) is 5.00. The van der Waals surface area contributed by atoms with E-state index in [1.54, 1.807) is 6.07 Å². The predicted molar refractivity (Wildman–Crippen MR) is 65.8 cm³/mol. The smallest absolute Gasteiger partial charge is 0.224 e. The molecule has 0 bridgehead atoms. The highest BCUT2D eigenvalue weighted by atomic mass is 79.9. The van der Waals surface area contributed by atoms with Crippen molar-refractivity contribution >= 4 is 27.5 Å². The molecule has 0 heterocycles. The highest BCUT2D eigenvalue weighted by Crippen LogP contribution is 2.24. The Labute approximate surface area is 102 Å². The molecule has 1 rings (SSSR count). The van der Waals surface area contributed by atoms with Gasteiger partial charge in [-0.2, -0.15) is 0 Å². The fourth-order valence-corrected chi connectivity index (χ4v) is 1.71. The summed E-state index contributed by atoms with van der Waals surface area (Å²) in [6, 6.07) is 2.94. The number of anilines is 1. The van der Waals surface area contributed by atoms with Gasteiger partial charge in [-0.3, -0.25) is 4.79 Å². The fraction of sp³-hybridized carbons (Fsp3) is 0.364. The van der Waals surface area contributed by atoms with Crippen LogP contribution in [0.4, 0.5) is 10.1 Å². The molecular formula is C11H14BrFN2O. The van der Waals surface area contributed by atoms with Crippen molar-refractivity contribution in [1.82, 2.24) is 0 Å². The average molecular weight is 289 g/mol. The van der Waals surface area contributed by atoms with Crippen molar-refractivity contribution in [2.24, 2.45) is 5.73 Å². The molecule has 0 radical (unpaired) electrons. The Hall–Kier alpha value is -0.940. The molecule has 88 valence electrons. The van der Waals surface area contributed by atoms with Gasteiger partial charge in [-0.1, -0.05) is 0 Å². The number of hydrogen-bond donors (Lipinski definition) is 2. The van der Waals surface area contributed by atoms with E-state index in [0.717, 1.165) is 5.56 Å². The van der Waals surface area contributed by atoms with Gasteiger partial charge in [-0.25, -0.2) is 4.39 Å². The molecule has 0 spiro atoms. The molecule has 1 amide bonds. The summed E-state index contributed by atoms with van der Waals surface area (Å²) in [5.74, 6) is -0.532. The first kappa shape index (κ1) is 13.1. The Bertz CT molecular complexity index is 396. The van der Waals surface area contributed by atoms with Crippen LogP contribution in [0.5, 0.6) is 0 Å². The van der Waals surface area contributed by atoms with Crippen LogP contribution >= 0.6 is 15.9 Å². The molecule has 1 aromatic rings. The molecular weight excluding hydrogens is 275 g/mol. The van der Waals surface area contributed by atoms with E-state index in [4.69, 9.17) is 5.73 Å². The molecule has 0 saturated heterocycles. The van der Waals surface area contributed by atoms with E-state index in [1.807, 2.05) is 6.92 Å². The fourth-order valence-electron chi connectivity index (χ4n) is 1.26. The standard InChI is InChI=1S/C11H14BrFN2O/c1-7-5-8(12)9(13)6-10(7)15-11(16)3-2-4-14/h5-6H,2-4,14H2,1H3,(H,15,16). The summed E-state index contributed by atoms with van der Waals surface area (Å²) >= 11 is 3.08. The number of rotatable bonds is 4. The monoisotopic (exact) mass is 288 g/mol. The van der Waals surface area contributed by atoms with E-state index in [1.165, 1.54) is 6.07 Å². The zero-order valence-electron chi connectivity index (χ0n) is 9.02. The minimum absolute atomic E-state index is 0.143. The van der Waals surface area contributed by atoms with Crippen LogP contribution in [0.25, 0.3) is 0 Å². The summed E-state index contributed by atoms with van der Waals surface area (Å²) in [6.07, 6.45) is 0.984. The van der Waals surface area contributed by atoms with Gasteiger partial charge in [0.2, 0.25) is 5.91 Å². The number of carbonyl (C=O) groups is 1. The normalized spacial score (nSPS) is 10.2. The van der Waals surface area contributed by atoms with Gasteiger partial charge < -0.3 is 11.1 Å². The lowest BCUT2D eigenvalue weighted by Gasteiger charge is -2.09. The molecule has 0 aliphatic carbocycles. The maximum atomic E-state index is 13.2. The van der Waals surface area contributed by atoms with E-state index in [-0.39, 0.29) is 11.7 Å². The molecule has 1 aromatic carbocycles. The Morgan fingerprint density at radius 2 is 2.25 bits per heavy atom.